The second kappa shape index (κ2) is 7.84. The van der Waals surface area contributed by atoms with Crippen LogP contribution in [0.15, 0.2) is 30.5 Å². The molecule has 0 bridgehead atoms. The Hall–Kier alpha value is -1.81. The van der Waals surface area contributed by atoms with E-state index in [4.69, 9.17) is 4.74 Å². The van der Waals surface area contributed by atoms with Gasteiger partial charge in [0.1, 0.15) is 5.75 Å². The van der Waals surface area contributed by atoms with Crippen molar-refractivity contribution < 1.29 is 4.74 Å². The number of hydrogen-bond acceptors (Lipinski definition) is 4. The fraction of sp³-hybridized carbons (Fsp3) is 0.471. The van der Waals surface area contributed by atoms with Gasteiger partial charge in [0.05, 0.1) is 12.6 Å². The Morgan fingerprint density at radius 1 is 1.19 bits per heavy atom. The van der Waals surface area contributed by atoms with Gasteiger partial charge in [-0.2, -0.15) is 0 Å². The molecule has 4 heteroatoms. The molecular weight excluding hydrogens is 262 g/mol. The highest BCUT2D eigenvalue weighted by atomic mass is 16.5. The molecule has 1 aromatic heterocycles. The van der Waals surface area contributed by atoms with E-state index >= 15 is 0 Å². The Balaban J connectivity index is 1.92. The molecule has 0 aliphatic rings. The molecule has 0 amide bonds. The molecule has 0 saturated carbocycles. The molecule has 0 aliphatic carbocycles. The Bertz CT molecular complexity index is 569. The van der Waals surface area contributed by atoms with Gasteiger partial charge in [-0.15, -0.1) is 0 Å². The second-order valence-corrected chi connectivity index (χ2v) is 5.62. The Morgan fingerprint density at radius 2 is 2.05 bits per heavy atom. The molecule has 1 aromatic carbocycles. The van der Waals surface area contributed by atoms with Crippen LogP contribution < -0.4 is 15.4 Å². The van der Waals surface area contributed by atoms with Crippen molar-refractivity contribution in [3.63, 3.8) is 0 Å². The summed E-state index contributed by atoms with van der Waals surface area (Å²) in [5, 5.41) is 8.05. The van der Waals surface area contributed by atoms with Crippen LogP contribution in [0.3, 0.4) is 0 Å². The van der Waals surface area contributed by atoms with Gasteiger partial charge < -0.3 is 15.4 Å². The molecule has 2 N–H and O–H groups in total. The van der Waals surface area contributed by atoms with Gasteiger partial charge in [0.15, 0.2) is 0 Å². The highest BCUT2D eigenvalue weighted by molar-refractivity contribution is 5.92. The summed E-state index contributed by atoms with van der Waals surface area (Å²) in [6, 6.07) is 7.98. The van der Waals surface area contributed by atoms with Crippen molar-refractivity contribution in [3.8, 4) is 5.75 Å². The summed E-state index contributed by atoms with van der Waals surface area (Å²) in [6.07, 6.45) is 2.94. The Kier molecular flexibility index (Phi) is 5.81. The summed E-state index contributed by atoms with van der Waals surface area (Å²) in [4.78, 5) is 4.39. The summed E-state index contributed by atoms with van der Waals surface area (Å²) in [5.74, 6) is 1.56. The van der Waals surface area contributed by atoms with Gasteiger partial charge in [-0.1, -0.05) is 13.8 Å². The zero-order valence-corrected chi connectivity index (χ0v) is 13.1. The molecule has 0 fully saturated rings. The van der Waals surface area contributed by atoms with Gasteiger partial charge in [-0.05, 0) is 49.7 Å². The number of aromatic nitrogens is 1. The second-order valence-electron chi connectivity index (χ2n) is 5.62. The first-order chi connectivity index (χ1) is 10.2. The summed E-state index contributed by atoms with van der Waals surface area (Å²) in [6.45, 7) is 7.51. The van der Waals surface area contributed by atoms with Crippen molar-refractivity contribution in [1.29, 1.82) is 0 Å². The quantitative estimate of drug-likeness (QED) is 0.731. The molecule has 0 atom stereocenters. The van der Waals surface area contributed by atoms with Crippen LogP contribution in [-0.2, 0) is 0 Å². The lowest BCUT2D eigenvalue weighted by atomic mass is 10.1. The van der Waals surface area contributed by atoms with E-state index in [0.29, 0.717) is 5.92 Å². The number of anilines is 1. The monoisotopic (exact) mass is 287 g/mol. The normalized spacial score (nSPS) is 11.0. The van der Waals surface area contributed by atoms with Crippen LogP contribution in [0.5, 0.6) is 5.75 Å². The molecule has 114 valence electrons. The number of nitrogens with one attached hydrogen (secondary N) is 2. The van der Waals surface area contributed by atoms with Crippen LogP contribution in [0.2, 0.25) is 0 Å². The van der Waals surface area contributed by atoms with Crippen LogP contribution in [0.25, 0.3) is 10.9 Å². The average molecular weight is 287 g/mol. The van der Waals surface area contributed by atoms with Crippen molar-refractivity contribution in [3.05, 3.63) is 30.5 Å². The van der Waals surface area contributed by atoms with E-state index in [-0.39, 0.29) is 0 Å². The lowest BCUT2D eigenvalue weighted by molar-refractivity contribution is 0.415. The molecule has 0 saturated heterocycles. The first-order valence-electron chi connectivity index (χ1n) is 7.58. The van der Waals surface area contributed by atoms with Gasteiger partial charge in [0.25, 0.3) is 0 Å². The molecule has 2 aromatic rings. The number of ether oxygens (including phenoxy) is 1. The highest BCUT2D eigenvalue weighted by Crippen LogP contribution is 2.25. The molecule has 0 radical (unpaired) electrons. The van der Waals surface area contributed by atoms with E-state index in [1.54, 1.807) is 7.11 Å². The zero-order chi connectivity index (χ0) is 15.1. The van der Waals surface area contributed by atoms with Crippen molar-refractivity contribution in [2.24, 2.45) is 5.92 Å². The predicted octanol–water partition coefficient (Wildman–Crippen LogP) is 3.29. The largest absolute Gasteiger partial charge is 0.497 e. The summed E-state index contributed by atoms with van der Waals surface area (Å²) >= 11 is 0. The smallest absolute Gasteiger partial charge is 0.119 e. The van der Waals surface area contributed by atoms with Crippen LogP contribution in [-0.4, -0.2) is 31.7 Å². The van der Waals surface area contributed by atoms with Gasteiger partial charge in [-0.25, -0.2) is 0 Å². The SMILES string of the molecule is COc1ccc2nccc(NCCCNCC(C)C)c2c1. The standard InChI is InChI=1S/C17H25N3O/c1-13(2)12-18-8-4-9-19-17-7-10-20-16-6-5-14(21-3)11-15(16)17/h5-7,10-11,13,18H,4,8-9,12H2,1-3H3,(H,19,20). The highest BCUT2D eigenvalue weighted by Gasteiger charge is 2.03. The van der Waals surface area contributed by atoms with Crippen molar-refractivity contribution in [1.82, 2.24) is 10.3 Å². The molecule has 0 spiro atoms. The fourth-order valence-corrected chi connectivity index (χ4v) is 2.23. The topological polar surface area (TPSA) is 46.2 Å². The summed E-state index contributed by atoms with van der Waals surface area (Å²) in [5.41, 5.74) is 2.10. The minimum Gasteiger partial charge on any atom is -0.497 e. The summed E-state index contributed by atoms with van der Waals surface area (Å²) < 4.78 is 5.29. The van der Waals surface area contributed by atoms with Gasteiger partial charge in [-0.3, -0.25) is 4.98 Å². The van der Waals surface area contributed by atoms with Gasteiger partial charge in [0.2, 0.25) is 0 Å². The van der Waals surface area contributed by atoms with Crippen LogP contribution in [0.1, 0.15) is 20.3 Å². The van der Waals surface area contributed by atoms with E-state index < -0.39 is 0 Å². The molecule has 0 aliphatic heterocycles. The van der Waals surface area contributed by atoms with E-state index in [1.807, 2.05) is 30.5 Å². The Labute approximate surface area is 126 Å². The molecule has 2 rings (SSSR count). The minimum atomic E-state index is 0.703. The molecule has 0 unspecified atom stereocenters. The van der Waals surface area contributed by atoms with Crippen LogP contribution in [0, 0.1) is 5.92 Å². The number of fused-ring (bicyclic) bond motifs is 1. The van der Waals surface area contributed by atoms with Crippen molar-refractivity contribution in [2.45, 2.75) is 20.3 Å². The number of rotatable bonds is 8. The molecule has 4 nitrogen and oxygen atoms in total. The van der Waals surface area contributed by atoms with Crippen molar-refractivity contribution >= 4 is 16.6 Å². The van der Waals surface area contributed by atoms with Crippen molar-refractivity contribution in [2.75, 3.05) is 32.1 Å². The summed E-state index contributed by atoms with van der Waals surface area (Å²) in [7, 11) is 1.69. The lowest BCUT2D eigenvalue weighted by Gasteiger charge is -2.11. The number of nitrogens with zero attached hydrogens (tertiary/aromatic N) is 1. The third-order valence-corrected chi connectivity index (χ3v) is 3.35. The lowest BCUT2D eigenvalue weighted by Crippen LogP contribution is -2.22. The maximum atomic E-state index is 5.29. The van der Waals surface area contributed by atoms with Crippen LogP contribution >= 0.6 is 0 Å². The first kappa shape index (κ1) is 15.6. The number of hydrogen-bond donors (Lipinski definition) is 2. The number of benzene rings is 1. The maximum Gasteiger partial charge on any atom is 0.119 e. The third kappa shape index (κ3) is 4.60. The van der Waals surface area contributed by atoms with Crippen LogP contribution in [0.4, 0.5) is 5.69 Å². The van der Waals surface area contributed by atoms with E-state index in [2.05, 4.69) is 29.5 Å². The Morgan fingerprint density at radius 3 is 2.81 bits per heavy atom. The van der Waals surface area contributed by atoms with Gasteiger partial charge >= 0.3 is 0 Å². The first-order valence-corrected chi connectivity index (χ1v) is 7.58. The number of pyridine rings is 1. The molecular formula is C17H25N3O. The van der Waals surface area contributed by atoms with E-state index in [1.165, 1.54) is 0 Å². The minimum absolute atomic E-state index is 0.703. The molecule has 1 heterocycles. The predicted molar refractivity (Wildman–Crippen MR) is 89.1 cm³/mol. The fourth-order valence-electron chi connectivity index (χ4n) is 2.23. The van der Waals surface area contributed by atoms with Gasteiger partial charge in [0, 0.05) is 23.8 Å². The van der Waals surface area contributed by atoms with E-state index in [0.717, 1.165) is 48.4 Å². The number of methoxy groups -OCH3 is 1. The maximum absolute atomic E-state index is 5.29. The third-order valence-electron chi connectivity index (χ3n) is 3.35. The zero-order valence-electron chi connectivity index (χ0n) is 13.1. The average Bonchev–Trinajstić information content (AvgIpc) is 2.50. The molecule has 21 heavy (non-hydrogen) atoms. The van der Waals surface area contributed by atoms with E-state index in [9.17, 15) is 0 Å².